The molecule has 0 saturated heterocycles. The average molecular weight is 400 g/mol. The van der Waals surface area contributed by atoms with Gasteiger partial charge in [0.05, 0.1) is 12.3 Å². The second-order valence-corrected chi connectivity index (χ2v) is 5.49. The summed E-state index contributed by atoms with van der Waals surface area (Å²) in [6.07, 6.45) is 2.42. The minimum atomic E-state index is -4.69. The third-order valence-corrected chi connectivity index (χ3v) is 3.03. The molecule has 0 amide bonds. The monoisotopic (exact) mass is 399 g/mol. The van der Waals surface area contributed by atoms with Crippen LogP contribution >= 0.6 is 7.82 Å². The van der Waals surface area contributed by atoms with E-state index in [1.165, 1.54) is 26.2 Å². The molecule has 0 aliphatic carbocycles. The van der Waals surface area contributed by atoms with E-state index in [1.807, 2.05) is 0 Å². The Morgan fingerprint density at radius 1 is 1.52 bits per heavy atom. The largest absolute Gasteiger partial charge is 0.480 e. The fraction of sp³-hybridized carbons (Fsp3) is 0.364. The molecular formula is C11H17CuN2O8P. The Labute approximate surface area is 142 Å². The number of ketones is 1. The van der Waals surface area contributed by atoms with Crippen LogP contribution in [0.2, 0.25) is 0 Å². The quantitative estimate of drug-likeness (QED) is 0.253. The first-order valence-corrected chi connectivity index (χ1v) is 7.32. The summed E-state index contributed by atoms with van der Waals surface area (Å²) in [5.41, 5.74) is 0.356. The number of aliphatic carboxylic acids is 1. The standard InChI is InChI=1S/C11H15N2O7P.Cu.H2O/c1-6-10(14)9(4-13-7(2)11(15)16)8(3-12-6)5-20-21(17,18)19;;/h3-4,7,13H,5H2,1-2H3,(H,15,16)(H2,17,18,19);;1H2/b9-4-;;. The summed E-state index contributed by atoms with van der Waals surface area (Å²) in [5.74, 6) is -1.59. The number of phosphoric ester groups is 1. The van der Waals surface area contributed by atoms with E-state index in [1.54, 1.807) is 0 Å². The molecule has 10 nitrogen and oxygen atoms in total. The van der Waals surface area contributed by atoms with E-state index in [2.05, 4.69) is 14.8 Å². The topological polar surface area (TPSA) is 177 Å². The Morgan fingerprint density at radius 3 is 2.57 bits per heavy atom. The van der Waals surface area contributed by atoms with Gasteiger partial charge in [0, 0.05) is 40.6 Å². The Bertz CT molecular complexity index is 595. The van der Waals surface area contributed by atoms with Gasteiger partial charge >= 0.3 is 13.8 Å². The van der Waals surface area contributed by atoms with E-state index in [9.17, 15) is 14.2 Å². The number of hydrogen-bond donors (Lipinski definition) is 4. The Balaban J connectivity index is 0. The molecule has 12 heteroatoms. The van der Waals surface area contributed by atoms with E-state index in [0.29, 0.717) is 0 Å². The molecule has 1 aliphatic rings. The molecule has 0 aromatic rings. The molecule has 1 radical (unpaired) electrons. The molecule has 23 heavy (non-hydrogen) atoms. The van der Waals surface area contributed by atoms with E-state index >= 15 is 0 Å². The van der Waals surface area contributed by atoms with Crippen molar-refractivity contribution >= 4 is 25.3 Å². The zero-order valence-corrected chi connectivity index (χ0v) is 13.9. The van der Waals surface area contributed by atoms with E-state index in [0.717, 1.165) is 0 Å². The summed E-state index contributed by atoms with van der Waals surface area (Å²) in [6.45, 7) is 2.32. The van der Waals surface area contributed by atoms with Gasteiger partial charge in [0.2, 0.25) is 5.78 Å². The Hall–Kier alpha value is -1.32. The summed E-state index contributed by atoms with van der Waals surface area (Å²) >= 11 is 0. The van der Waals surface area contributed by atoms with Gasteiger partial charge in [-0.15, -0.1) is 0 Å². The van der Waals surface area contributed by atoms with Gasteiger partial charge in [0.15, 0.2) is 0 Å². The molecule has 0 spiro atoms. The van der Waals surface area contributed by atoms with Crippen LogP contribution in [-0.2, 0) is 35.7 Å². The minimum Gasteiger partial charge on any atom is -0.480 e. The normalized spacial score (nSPS) is 17.4. The summed E-state index contributed by atoms with van der Waals surface area (Å²) < 4.78 is 15.0. The van der Waals surface area contributed by atoms with Gasteiger partial charge in [-0.1, -0.05) is 0 Å². The molecular weight excluding hydrogens is 383 g/mol. The molecule has 0 saturated carbocycles. The smallest absolute Gasteiger partial charge is 0.469 e. The Morgan fingerprint density at radius 2 is 2.09 bits per heavy atom. The summed E-state index contributed by atoms with van der Waals surface area (Å²) in [7, 11) is -4.69. The maximum Gasteiger partial charge on any atom is 0.469 e. The molecule has 1 aliphatic heterocycles. The number of carboxylic acid groups (broad SMARTS) is 1. The van der Waals surface area contributed by atoms with Crippen molar-refractivity contribution in [2.75, 3.05) is 6.61 Å². The number of rotatable bonds is 6. The zero-order valence-electron chi connectivity index (χ0n) is 12.1. The molecule has 0 aromatic heterocycles. The number of carboxylic acids is 1. The van der Waals surface area contributed by atoms with Crippen LogP contribution in [0.3, 0.4) is 0 Å². The van der Waals surface area contributed by atoms with Crippen molar-refractivity contribution in [2.45, 2.75) is 19.9 Å². The van der Waals surface area contributed by atoms with Crippen molar-refractivity contribution in [3.05, 3.63) is 23.5 Å². The summed E-state index contributed by atoms with van der Waals surface area (Å²) in [4.78, 5) is 43.8. The van der Waals surface area contributed by atoms with Crippen LogP contribution in [0.1, 0.15) is 13.8 Å². The maximum absolute atomic E-state index is 12.0. The second kappa shape index (κ2) is 9.74. The number of hydrogen-bond acceptors (Lipinski definition) is 6. The van der Waals surface area contributed by atoms with Crippen LogP contribution in [0.4, 0.5) is 0 Å². The first-order valence-electron chi connectivity index (χ1n) is 5.79. The van der Waals surface area contributed by atoms with Gasteiger partial charge in [0.1, 0.15) is 6.04 Å². The van der Waals surface area contributed by atoms with Crippen molar-refractivity contribution < 1.29 is 56.1 Å². The fourth-order valence-electron chi connectivity index (χ4n) is 1.35. The molecule has 0 aromatic carbocycles. The van der Waals surface area contributed by atoms with Crippen LogP contribution in [0.25, 0.3) is 0 Å². The number of Topliss-reactive ketones (excluding diaryl/α,β-unsaturated/α-hetero) is 1. The van der Waals surface area contributed by atoms with E-state index in [-0.39, 0.29) is 39.4 Å². The van der Waals surface area contributed by atoms with Crippen LogP contribution < -0.4 is 5.32 Å². The summed E-state index contributed by atoms with van der Waals surface area (Å²) in [5, 5.41) is 11.3. The molecule has 1 atom stereocenters. The second-order valence-electron chi connectivity index (χ2n) is 4.25. The number of carbonyl (C=O) groups is 2. The van der Waals surface area contributed by atoms with Crippen LogP contribution in [0, 0.1) is 0 Å². The van der Waals surface area contributed by atoms with E-state index < -0.39 is 32.2 Å². The van der Waals surface area contributed by atoms with Gasteiger partial charge in [-0.2, -0.15) is 0 Å². The van der Waals surface area contributed by atoms with Crippen molar-refractivity contribution in [3.8, 4) is 0 Å². The van der Waals surface area contributed by atoms with Crippen LogP contribution in [0.15, 0.2) is 28.5 Å². The molecule has 6 N–H and O–H groups in total. The molecule has 135 valence electrons. The molecule has 1 unspecified atom stereocenters. The first kappa shape index (κ1) is 23.9. The Kier molecular flexibility index (Phi) is 10.1. The van der Waals surface area contributed by atoms with Gasteiger partial charge in [0.25, 0.3) is 0 Å². The number of nitrogens with zero attached hydrogens (tertiary/aromatic N) is 1. The minimum absolute atomic E-state index is 0. The first-order chi connectivity index (χ1) is 9.61. The van der Waals surface area contributed by atoms with Crippen molar-refractivity contribution in [3.63, 3.8) is 0 Å². The number of nitrogens with one attached hydrogen (secondary N) is 1. The van der Waals surface area contributed by atoms with Crippen molar-refractivity contribution in [1.82, 2.24) is 5.32 Å². The zero-order chi connectivity index (χ0) is 16.2. The fourth-order valence-corrected chi connectivity index (χ4v) is 1.66. The summed E-state index contributed by atoms with van der Waals surface area (Å²) in [6, 6.07) is -0.937. The maximum atomic E-state index is 12.0. The number of phosphoric acid groups is 1. The number of aliphatic imine (C=N–C) groups is 1. The average Bonchev–Trinajstić information content (AvgIpc) is 2.37. The van der Waals surface area contributed by atoms with Crippen molar-refractivity contribution in [1.29, 1.82) is 0 Å². The SMILES string of the molecule is CC1=NC=C(COP(=O)(O)O)/C(=C/NC(C)C(=O)O)C1=O.O.[Cu]. The predicted molar refractivity (Wildman–Crippen MR) is 76.1 cm³/mol. The van der Waals surface area contributed by atoms with Gasteiger partial charge in [-0.05, 0) is 13.8 Å². The third kappa shape index (κ3) is 7.67. The van der Waals surface area contributed by atoms with Crippen molar-refractivity contribution in [2.24, 2.45) is 4.99 Å². The molecule has 1 heterocycles. The molecule has 1 rings (SSSR count). The molecule has 0 bridgehead atoms. The third-order valence-electron chi connectivity index (χ3n) is 2.57. The van der Waals surface area contributed by atoms with E-state index in [4.69, 9.17) is 14.9 Å². The number of carbonyl (C=O) groups excluding carboxylic acids is 1. The molecule has 0 fully saturated rings. The van der Waals surface area contributed by atoms with Gasteiger partial charge in [-0.3, -0.25) is 19.1 Å². The van der Waals surface area contributed by atoms with Crippen LogP contribution in [0.5, 0.6) is 0 Å². The van der Waals surface area contributed by atoms with Gasteiger partial charge in [-0.25, -0.2) is 4.57 Å². The van der Waals surface area contributed by atoms with Crippen LogP contribution in [-0.4, -0.2) is 50.5 Å². The van der Waals surface area contributed by atoms with Gasteiger partial charge < -0.3 is 25.7 Å². The predicted octanol–water partition coefficient (Wildman–Crippen LogP) is -0.857.